The average molecular weight is 177 g/mol. The summed E-state index contributed by atoms with van der Waals surface area (Å²) in [5.41, 5.74) is 2.13. The van der Waals surface area contributed by atoms with Crippen LogP contribution in [-0.4, -0.2) is 19.7 Å². The fraction of sp³-hybridized carbons (Fsp3) is 0.200. The van der Waals surface area contributed by atoms with Gasteiger partial charge in [0.15, 0.2) is 6.29 Å². The third-order valence-electron chi connectivity index (χ3n) is 1.91. The molecule has 0 radical (unpaired) electrons. The predicted octanol–water partition coefficient (Wildman–Crippen LogP) is 1.40. The number of carbonyl (C=O) groups is 2. The molecule has 0 spiro atoms. The summed E-state index contributed by atoms with van der Waals surface area (Å²) < 4.78 is 0. The molecule has 3 nitrogen and oxygen atoms in total. The number of para-hydroxylation sites is 1. The van der Waals surface area contributed by atoms with Crippen LogP contribution in [0, 0.1) is 6.92 Å². The van der Waals surface area contributed by atoms with Crippen LogP contribution >= 0.6 is 0 Å². The summed E-state index contributed by atoms with van der Waals surface area (Å²) in [5, 5.41) is 0. The quantitative estimate of drug-likeness (QED) is 0.654. The van der Waals surface area contributed by atoms with Gasteiger partial charge in [0.25, 0.3) is 0 Å². The van der Waals surface area contributed by atoms with E-state index < -0.39 is 0 Å². The molecule has 0 fully saturated rings. The van der Waals surface area contributed by atoms with Crippen molar-refractivity contribution in [3.05, 3.63) is 29.3 Å². The molecule has 0 aliphatic rings. The molecule has 0 heterocycles. The van der Waals surface area contributed by atoms with Crippen LogP contribution in [-0.2, 0) is 4.79 Å². The minimum atomic E-state index is 0.537. The number of aldehydes is 1. The summed E-state index contributed by atoms with van der Waals surface area (Å²) in [7, 11) is 1.63. The van der Waals surface area contributed by atoms with E-state index in [1.165, 1.54) is 4.90 Å². The molecule has 1 aromatic rings. The largest absolute Gasteiger partial charge is 0.317 e. The Bertz CT molecular complexity index is 334. The number of amides is 1. The number of rotatable bonds is 3. The maximum absolute atomic E-state index is 10.7. The second-order valence-corrected chi connectivity index (χ2v) is 2.85. The Hall–Kier alpha value is -1.64. The molecule has 1 amide bonds. The molecular weight excluding hydrogens is 166 g/mol. The zero-order valence-corrected chi connectivity index (χ0v) is 7.65. The monoisotopic (exact) mass is 177 g/mol. The highest BCUT2D eigenvalue weighted by Gasteiger charge is 2.07. The van der Waals surface area contributed by atoms with E-state index >= 15 is 0 Å². The van der Waals surface area contributed by atoms with Gasteiger partial charge in [-0.25, -0.2) is 0 Å². The number of benzene rings is 1. The number of hydrogen-bond donors (Lipinski definition) is 0. The summed E-state index contributed by atoms with van der Waals surface area (Å²) in [6.07, 6.45) is 1.44. The zero-order valence-electron chi connectivity index (χ0n) is 7.65. The Kier molecular flexibility index (Phi) is 2.80. The number of aryl methyl sites for hydroxylation is 1. The summed E-state index contributed by atoms with van der Waals surface area (Å²) in [6.45, 7) is 1.86. The van der Waals surface area contributed by atoms with Crippen LogP contribution in [0.2, 0.25) is 0 Å². The van der Waals surface area contributed by atoms with Gasteiger partial charge in [-0.05, 0) is 18.6 Å². The van der Waals surface area contributed by atoms with Crippen molar-refractivity contribution < 1.29 is 9.59 Å². The minimum absolute atomic E-state index is 0.537. The highest BCUT2D eigenvalue weighted by Crippen LogP contribution is 2.21. The Labute approximate surface area is 77.0 Å². The second-order valence-electron chi connectivity index (χ2n) is 2.85. The Morgan fingerprint density at radius 2 is 2.00 bits per heavy atom. The number of hydrogen-bond acceptors (Lipinski definition) is 2. The lowest BCUT2D eigenvalue weighted by molar-refractivity contribution is -0.107. The molecular formula is C10H11NO2. The Morgan fingerprint density at radius 1 is 1.31 bits per heavy atom. The maximum atomic E-state index is 10.7. The first-order chi connectivity index (χ1) is 6.20. The molecule has 1 rings (SSSR count). The first-order valence-corrected chi connectivity index (χ1v) is 3.93. The van der Waals surface area contributed by atoms with Crippen molar-refractivity contribution in [3.63, 3.8) is 0 Å². The van der Waals surface area contributed by atoms with Gasteiger partial charge in [-0.15, -0.1) is 0 Å². The standard InChI is InChI=1S/C10H11NO2/c1-8-4-3-5-9(6-12)10(8)11(2)7-13/h3-7H,1-2H3. The van der Waals surface area contributed by atoms with Gasteiger partial charge in [-0.2, -0.15) is 0 Å². The van der Waals surface area contributed by atoms with Gasteiger partial charge in [-0.1, -0.05) is 12.1 Å². The molecule has 0 N–H and O–H groups in total. The first-order valence-electron chi connectivity index (χ1n) is 3.93. The Morgan fingerprint density at radius 3 is 2.54 bits per heavy atom. The first kappa shape index (κ1) is 9.45. The molecule has 0 unspecified atom stereocenters. The van der Waals surface area contributed by atoms with Crippen molar-refractivity contribution in [3.8, 4) is 0 Å². The zero-order chi connectivity index (χ0) is 9.84. The summed E-state index contributed by atoms with van der Waals surface area (Å²) in [4.78, 5) is 22.6. The molecule has 0 saturated carbocycles. The molecule has 0 aromatic heterocycles. The fourth-order valence-electron chi connectivity index (χ4n) is 1.31. The van der Waals surface area contributed by atoms with Crippen molar-refractivity contribution in [2.75, 3.05) is 11.9 Å². The average Bonchev–Trinajstić information content (AvgIpc) is 2.16. The molecule has 0 aliphatic heterocycles. The molecule has 1 aromatic carbocycles. The van der Waals surface area contributed by atoms with E-state index in [4.69, 9.17) is 0 Å². The second kappa shape index (κ2) is 3.85. The third-order valence-corrected chi connectivity index (χ3v) is 1.91. The van der Waals surface area contributed by atoms with Crippen molar-refractivity contribution >= 4 is 18.4 Å². The molecule has 68 valence electrons. The van der Waals surface area contributed by atoms with Gasteiger partial charge in [0, 0.05) is 12.6 Å². The lowest BCUT2D eigenvalue weighted by atomic mass is 10.1. The number of anilines is 1. The highest BCUT2D eigenvalue weighted by atomic mass is 16.1. The molecule has 0 saturated heterocycles. The Balaban J connectivity index is 3.29. The normalized spacial score (nSPS) is 9.38. The third kappa shape index (κ3) is 1.75. The summed E-state index contributed by atoms with van der Waals surface area (Å²) >= 11 is 0. The lowest BCUT2D eigenvalue weighted by Crippen LogP contribution is -2.16. The van der Waals surface area contributed by atoms with Crippen LogP contribution in [0.1, 0.15) is 15.9 Å². The number of carbonyl (C=O) groups excluding carboxylic acids is 2. The van der Waals surface area contributed by atoms with E-state index in [0.717, 1.165) is 11.8 Å². The van der Waals surface area contributed by atoms with Crippen molar-refractivity contribution in [2.24, 2.45) is 0 Å². The predicted molar refractivity (Wildman–Crippen MR) is 51.0 cm³/mol. The van der Waals surface area contributed by atoms with E-state index in [0.29, 0.717) is 17.7 Å². The van der Waals surface area contributed by atoms with Crippen molar-refractivity contribution in [1.29, 1.82) is 0 Å². The van der Waals surface area contributed by atoms with Crippen LogP contribution in [0.25, 0.3) is 0 Å². The number of nitrogens with zero attached hydrogens (tertiary/aromatic N) is 1. The van der Waals surface area contributed by atoms with Gasteiger partial charge in [0.05, 0.1) is 5.69 Å². The summed E-state index contributed by atoms with van der Waals surface area (Å²) in [5.74, 6) is 0. The molecule has 0 atom stereocenters. The fourth-order valence-corrected chi connectivity index (χ4v) is 1.31. The van der Waals surface area contributed by atoms with Crippen LogP contribution < -0.4 is 4.90 Å². The van der Waals surface area contributed by atoms with Crippen LogP contribution in [0.4, 0.5) is 5.69 Å². The van der Waals surface area contributed by atoms with Gasteiger partial charge < -0.3 is 4.90 Å². The van der Waals surface area contributed by atoms with E-state index in [-0.39, 0.29) is 0 Å². The highest BCUT2D eigenvalue weighted by molar-refractivity contribution is 5.91. The maximum Gasteiger partial charge on any atom is 0.213 e. The lowest BCUT2D eigenvalue weighted by Gasteiger charge is -2.15. The van der Waals surface area contributed by atoms with E-state index in [1.54, 1.807) is 19.2 Å². The van der Waals surface area contributed by atoms with Crippen LogP contribution in [0.15, 0.2) is 18.2 Å². The van der Waals surface area contributed by atoms with E-state index in [2.05, 4.69) is 0 Å². The molecule has 13 heavy (non-hydrogen) atoms. The van der Waals surface area contributed by atoms with Gasteiger partial charge in [-0.3, -0.25) is 9.59 Å². The minimum Gasteiger partial charge on any atom is -0.317 e. The van der Waals surface area contributed by atoms with Gasteiger partial charge >= 0.3 is 0 Å². The molecule has 0 bridgehead atoms. The van der Waals surface area contributed by atoms with Crippen LogP contribution in [0.3, 0.4) is 0 Å². The smallest absolute Gasteiger partial charge is 0.213 e. The molecule has 0 aliphatic carbocycles. The van der Waals surface area contributed by atoms with Gasteiger partial charge in [0.2, 0.25) is 6.41 Å². The summed E-state index contributed by atoms with van der Waals surface area (Å²) in [6, 6.07) is 5.35. The van der Waals surface area contributed by atoms with Crippen molar-refractivity contribution in [1.82, 2.24) is 0 Å². The molecule has 3 heteroatoms. The SMILES string of the molecule is Cc1cccc(C=O)c1N(C)C=O. The van der Waals surface area contributed by atoms with E-state index in [1.807, 2.05) is 13.0 Å². The van der Waals surface area contributed by atoms with Crippen LogP contribution in [0.5, 0.6) is 0 Å². The topological polar surface area (TPSA) is 37.4 Å². The van der Waals surface area contributed by atoms with E-state index in [9.17, 15) is 9.59 Å². The van der Waals surface area contributed by atoms with Gasteiger partial charge in [0.1, 0.15) is 0 Å². The van der Waals surface area contributed by atoms with Crippen molar-refractivity contribution in [2.45, 2.75) is 6.92 Å².